The number of fused-ring (bicyclic) bond motifs is 1. The van der Waals surface area contributed by atoms with E-state index in [0.29, 0.717) is 13.2 Å². The average Bonchev–Trinajstić information content (AvgIpc) is 2.94. The van der Waals surface area contributed by atoms with Crippen molar-refractivity contribution in [2.75, 3.05) is 44.3 Å². The molecular weight excluding hydrogens is 350 g/mol. The second-order valence-corrected chi connectivity index (χ2v) is 7.27. The molecule has 0 saturated carbocycles. The zero-order valence-corrected chi connectivity index (χ0v) is 15.1. The van der Waals surface area contributed by atoms with Crippen LogP contribution < -0.4 is 4.90 Å². The number of benzene rings is 1. The van der Waals surface area contributed by atoms with Gasteiger partial charge in [0.05, 0.1) is 11.6 Å². The normalized spacial score (nSPS) is 23.7. The van der Waals surface area contributed by atoms with E-state index in [1.54, 1.807) is 17.0 Å². The summed E-state index contributed by atoms with van der Waals surface area (Å²) in [7, 11) is 0. The van der Waals surface area contributed by atoms with E-state index in [-0.39, 0.29) is 23.7 Å². The van der Waals surface area contributed by atoms with E-state index in [1.807, 2.05) is 0 Å². The number of imide groups is 1. The van der Waals surface area contributed by atoms with Crippen molar-refractivity contribution >= 4 is 23.3 Å². The lowest BCUT2D eigenvalue weighted by molar-refractivity contribution is -0.384. The van der Waals surface area contributed by atoms with Crippen molar-refractivity contribution in [1.29, 1.82) is 0 Å². The van der Waals surface area contributed by atoms with Crippen LogP contribution >= 0.6 is 0 Å². The number of anilines is 1. The van der Waals surface area contributed by atoms with Gasteiger partial charge in [0.1, 0.15) is 6.04 Å². The van der Waals surface area contributed by atoms with Gasteiger partial charge in [-0.05, 0) is 31.4 Å². The van der Waals surface area contributed by atoms with Crippen molar-refractivity contribution < 1.29 is 14.5 Å². The zero-order valence-electron chi connectivity index (χ0n) is 15.1. The van der Waals surface area contributed by atoms with Gasteiger partial charge in [-0.15, -0.1) is 0 Å². The number of nitrogens with zero attached hydrogens (tertiary/aromatic N) is 5. The van der Waals surface area contributed by atoms with Crippen LogP contribution in [0.2, 0.25) is 0 Å². The molecule has 9 nitrogen and oxygen atoms in total. The molecule has 0 radical (unpaired) electrons. The average molecular weight is 373 g/mol. The third kappa shape index (κ3) is 3.34. The predicted molar refractivity (Wildman–Crippen MR) is 98.3 cm³/mol. The van der Waals surface area contributed by atoms with Crippen molar-refractivity contribution in [2.24, 2.45) is 0 Å². The van der Waals surface area contributed by atoms with Crippen LogP contribution in [0, 0.1) is 10.1 Å². The summed E-state index contributed by atoms with van der Waals surface area (Å²) in [5, 5.41) is 10.8. The molecule has 3 aliphatic rings. The summed E-state index contributed by atoms with van der Waals surface area (Å²) in [6.45, 7) is 4.00. The van der Waals surface area contributed by atoms with Crippen LogP contribution in [-0.2, 0) is 4.79 Å². The van der Waals surface area contributed by atoms with E-state index in [2.05, 4.69) is 9.80 Å². The molecule has 3 amide bonds. The molecule has 3 saturated heterocycles. The van der Waals surface area contributed by atoms with Crippen LogP contribution in [0.15, 0.2) is 24.3 Å². The first-order chi connectivity index (χ1) is 13.0. The highest BCUT2D eigenvalue weighted by Gasteiger charge is 2.46. The van der Waals surface area contributed by atoms with Crippen molar-refractivity contribution in [3.8, 4) is 0 Å². The van der Waals surface area contributed by atoms with Crippen LogP contribution in [0.4, 0.5) is 16.2 Å². The molecule has 1 aromatic carbocycles. The second kappa shape index (κ2) is 7.15. The Balaban J connectivity index is 1.33. The molecule has 1 aromatic rings. The highest BCUT2D eigenvalue weighted by atomic mass is 16.6. The molecule has 27 heavy (non-hydrogen) atoms. The molecule has 3 heterocycles. The fraction of sp³-hybridized carbons (Fsp3) is 0.556. The van der Waals surface area contributed by atoms with E-state index in [4.69, 9.17) is 0 Å². The van der Waals surface area contributed by atoms with Crippen LogP contribution in [-0.4, -0.2) is 77.0 Å². The Morgan fingerprint density at radius 3 is 2.33 bits per heavy atom. The molecule has 144 valence electrons. The molecule has 3 aliphatic heterocycles. The van der Waals surface area contributed by atoms with Gasteiger partial charge in [-0.2, -0.15) is 0 Å². The van der Waals surface area contributed by atoms with E-state index in [1.165, 1.54) is 17.0 Å². The minimum Gasteiger partial charge on any atom is -0.369 e. The van der Waals surface area contributed by atoms with Gasteiger partial charge in [-0.25, -0.2) is 9.69 Å². The number of rotatable bonds is 4. The maximum Gasteiger partial charge on any atom is 0.328 e. The summed E-state index contributed by atoms with van der Waals surface area (Å²) < 4.78 is 0. The maximum absolute atomic E-state index is 12.6. The number of hydrogen-bond donors (Lipinski definition) is 0. The third-order valence-corrected chi connectivity index (χ3v) is 5.67. The standard InChI is InChI=1S/C18H23N5O4/c24-17-16-3-1-2-8-21(16)18(25)22(17)13-19-9-11-20(12-10-19)14-4-6-15(7-5-14)23(26)27/h4-7,16H,1-3,8-13H2. The number of carbonyl (C=O) groups is 2. The van der Waals surface area contributed by atoms with Gasteiger partial charge in [0.2, 0.25) is 0 Å². The lowest BCUT2D eigenvalue weighted by Crippen LogP contribution is -2.51. The van der Waals surface area contributed by atoms with Gasteiger partial charge in [0, 0.05) is 50.5 Å². The SMILES string of the molecule is O=C1C2CCCCN2C(=O)N1CN1CCN(c2ccc([N+](=O)[O-])cc2)CC1. The topological polar surface area (TPSA) is 90.2 Å². The van der Waals surface area contributed by atoms with Gasteiger partial charge in [0.15, 0.2) is 0 Å². The van der Waals surface area contributed by atoms with E-state index >= 15 is 0 Å². The number of non-ortho nitro benzene ring substituents is 1. The fourth-order valence-electron chi connectivity index (χ4n) is 4.11. The molecule has 0 aromatic heterocycles. The lowest BCUT2D eigenvalue weighted by atomic mass is 10.0. The maximum atomic E-state index is 12.6. The molecule has 4 rings (SSSR count). The summed E-state index contributed by atoms with van der Waals surface area (Å²) in [4.78, 5) is 42.9. The number of urea groups is 1. The van der Waals surface area contributed by atoms with Crippen molar-refractivity contribution in [3.05, 3.63) is 34.4 Å². The number of amides is 3. The number of piperazine rings is 1. The van der Waals surface area contributed by atoms with Gasteiger partial charge in [-0.1, -0.05) is 0 Å². The van der Waals surface area contributed by atoms with Crippen LogP contribution in [0.1, 0.15) is 19.3 Å². The Morgan fingerprint density at radius 1 is 1.00 bits per heavy atom. The Kier molecular flexibility index (Phi) is 4.69. The summed E-state index contributed by atoms with van der Waals surface area (Å²) in [6.07, 6.45) is 2.74. The monoisotopic (exact) mass is 373 g/mol. The molecular formula is C18H23N5O4. The first-order valence-electron chi connectivity index (χ1n) is 9.38. The predicted octanol–water partition coefficient (Wildman–Crippen LogP) is 1.49. The number of piperidine rings is 1. The number of hydrogen-bond acceptors (Lipinski definition) is 6. The molecule has 1 unspecified atom stereocenters. The van der Waals surface area contributed by atoms with E-state index in [0.717, 1.165) is 51.1 Å². The summed E-state index contributed by atoms with van der Waals surface area (Å²) >= 11 is 0. The van der Waals surface area contributed by atoms with Crippen molar-refractivity contribution in [2.45, 2.75) is 25.3 Å². The van der Waals surface area contributed by atoms with E-state index in [9.17, 15) is 19.7 Å². The third-order valence-electron chi connectivity index (χ3n) is 5.67. The molecule has 3 fully saturated rings. The zero-order chi connectivity index (χ0) is 19.0. The summed E-state index contributed by atoms with van der Waals surface area (Å²) in [6, 6.07) is 6.15. The van der Waals surface area contributed by atoms with E-state index < -0.39 is 4.92 Å². The van der Waals surface area contributed by atoms with Gasteiger partial charge in [0.25, 0.3) is 11.6 Å². The second-order valence-electron chi connectivity index (χ2n) is 7.27. The van der Waals surface area contributed by atoms with Crippen LogP contribution in [0.25, 0.3) is 0 Å². The largest absolute Gasteiger partial charge is 0.369 e. The molecule has 0 spiro atoms. The molecule has 0 aliphatic carbocycles. The molecule has 0 N–H and O–H groups in total. The quantitative estimate of drug-likeness (QED) is 0.451. The Hall–Kier alpha value is -2.68. The molecule has 1 atom stereocenters. The van der Waals surface area contributed by atoms with Crippen molar-refractivity contribution in [3.63, 3.8) is 0 Å². The molecule has 0 bridgehead atoms. The highest BCUT2D eigenvalue weighted by Crippen LogP contribution is 2.27. The Labute approximate surface area is 157 Å². The first kappa shape index (κ1) is 17.7. The lowest BCUT2D eigenvalue weighted by Gasteiger charge is -2.37. The first-order valence-corrected chi connectivity index (χ1v) is 9.38. The smallest absolute Gasteiger partial charge is 0.328 e. The number of carbonyl (C=O) groups excluding carboxylic acids is 2. The van der Waals surface area contributed by atoms with Crippen molar-refractivity contribution in [1.82, 2.24) is 14.7 Å². The van der Waals surface area contributed by atoms with Gasteiger partial charge >= 0.3 is 6.03 Å². The van der Waals surface area contributed by atoms with Crippen LogP contribution in [0.3, 0.4) is 0 Å². The Bertz CT molecular complexity index is 721. The van der Waals surface area contributed by atoms with Gasteiger partial charge in [-0.3, -0.25) is 19.8 Å². The highest BCUT2D eigenvalue weighted by molar-refractivity contribution is 6.04. The minimum absolute atomic E-state index is 0.0579. The number of nitro benzene ring substituents is 1. The number of nitro groups is 1. The van der Waals surface area contributed by atoms with Crippen LogP contribution in [0.5, 0.6) is 0 Å². The van der Waals surface area contributed by atoms with Gasteiger partial charge < -0.3 is 9.80 Å². The summed E-state index contributed by atoms with van der Waals surface area (Å²) in [5.41, 5.74) is 1.03. The molecule has 9 heteroatoms. The fourth-order valence-corrected chi connectivity index (χ4v) is 4.11. The Morgan fingerprint density at radius 2 is 1.70 bits per heavy atom. The summed E-state index contributed by atoms with van der Waals surface area (Å²) in [5.74, 6) is -0.0579. The minimum atomic E-state index is -0.403.